The van der Waals surface area contributed by atoms with E-state index in [2.05, 4.69) is 43.0 Å². The molecule has 20 heavy (non-hydrogen) atoms. The zero-order chi connectivity index (χ0) is 14.6. The van der Waals surface area contributed by atoms with Crippen LogP contribution in [0.3, 0.4) is 0 Å². The van der Waals surface area contributed by atoms with Crippen LogP contribution in [0.1, 0.15) is 63.6 Å². The Balaban J connectivity index is 2.02. The minimum absolute atomic E-state index is 0.0371. The maximum Gasteiger partial charge on any atom is 0.0639 e. The van der Waals surface area contributed by atoms with Crippen molar-refractivity contribution in [1.82, 2.24) is 9.88 Å². The lowest BCUT2D eigenvalue weighted by Gasteiger charge is -2.23. The molecule has 0 fully saturated rings. The fourth-order valence-electron chi connectivity index (χ4n) is 2.91. The molecular weight excluding hydrogens is 248 g/mol. The molecule has 1 unspecified atom stereocenters. The van der Waals surface area contributed by atoms with E-state index in [1.54, 1.807) is 12.7 Å². The van der Waals surface area contributed by atoms with E-state index >= 15 is 0 Å². The van der Waals surface area contributed by atoms with Crippen molar-refractivity contribution in [1.29, 1.82) is 0 Å². The van der Waals surface area contributed by atoms with Crippen LogP contribution in [0.2, 0.25) is 0 Å². The molecule has 0 saturated carbocycles. The fraction of sp³-hybridized carbons (Fsp3) is 0.765. The number of fused-ring (bicyclic) bond motifs is 1. The molecular formula is C17H30N2O. The van der Waals surface area contributed by atoms with E-state index in [9.17, 15) is 0 Å². The lowest BCUT2D eigenvalue weighted by Crippen LogP contribution is -2.25. The maximum atomic E-state index is 5.51. The monoisotopic (exact) mass is 278 g/mol. The number of hydrogen-bond acceptors (Lipinski definition) is 2. The molecule has 0 aliphatic heterocycles. The zero-order valence-corrected chi connectivity index (χ0v) is 13.5. The van der Waals surface area contributed by atoms with Crippen molar-refractivity contribution >= 4 is 0 Å². The van der Waals surface area contributed by atoms with Crippen LogP contribution in [-0.2, 0) is 17.7 Å². The third-order valence-corrected chi connectivity index (χ3v) is 4.48. The summed E-state index contributed by atoms with van der Waals surface area (Å²) in [4.78, 5) is 0. The molecule has 3 nitrogen and oxygen atoms in total. The van der Waals surface area contributed by atoms with Crippen molar-refractivity contribution in [2.45, 2.75) is 71.1 Å². The lowest BCUT2D eigenvalue weighted by molar-refractivity contribution is 0.0120. The van der Waals surface area contributed by atoms with Gasteiger partial charge in [0.15, 0.2) is 0 Å². The van der Waals surface area contributed by atoms with Crippen LogP contribution in [0.15, 0.2) is 12.4 Å². The summed E-state index contributed by atoms with van der Waals surface area (Å²) in [6.45, 7) is 8.69. The van der Waals surface area contributed by atoms with Crippen LogP contribution >= 0.6 is 0 Å². The predicted octanol–water partition coefficient (Wildman–Crippen LogP) is 3.68. The van der Waals surface area contributed by atoms with Crippen LogP contribution in [0, 0.1) is 0 Å². The van der Waals surface area contributed by atoms with Crippen LogP contribution < -0.4 is 5.32 Å². The molecule has 0 spiro atoms. The largest absolute Gasteiger partial charge is 0.379 e. The molecule has 0 amide bonds. The molecule has 0 saturated heterocycles. The first kappa shape index (κ1) is 15.6. The molecule has 1 N–H and O–H groups in total. The first-order valence-electron chi connectivity index (χ1n) is 8.03. The Hall–Kier alpha value is -0.800. The quantitative estimate of drug-likeness (QED) is 0.823. The summed E-state index contributed by atoms with van der Waals surface area (Å²) in [6.07, 6.45) is 10.8. The topological polar surface area (TPSA) is 26.2 Å². The number of rotatable bonds is 7. The van der Waals surface area contributed by atoms with Gasteiger partial charge in [-0.25, -0.2) is 0 Å². The highest BCUT2D eigenvalue weighted by atomic mass is 16.5. The van der Waals surface area contributed by atoms with Crippen molar-refractivity contribution in [2.75, 3.05) is 13.7 Å². The van der Waals surface area contributed by atoms with Gasteiger partial charge in [0.2, 0.25) is 0 Å². The van der Waals surface area contributed by atoms with Gasteiger partial charge in [-0.1, -0.05) is 6.92 Å². The van der Waals surface area contributed by atoms with Gasteiger partial charge in [-0.05, 0) is 63.6 Å². The summed E-state index contributed by atoms with van der Waals surface area (Å²) >= 11 is 0. The molecule has 1 heterocycles. The van der Waals surface area contributed by atoms with Gasteiger partial charge in [-0.15, -0.1) is 0 Å². The molecule has 2 rings (SSSR count). The van der Waals surface area contributed by atoms with Gasteiger partial charge in [0.25, 0.3) is 0 Å². The number of aryl methyl sites for hydroxylation is 2. The van der Waals surface area contributed by atoms with Crippen molar-refractivity contribution in [3.63, 3.8) is 0 Å². The Kier molecular flexibility index (Phi) is 5.28. The Morgan fingerprint density at radius 2 is 2.20 bits per heavy atom. The molecule has 1 aromatic rings. The van der Waals surface area contributed by atoms with Crippen LogP contribution in [-0.4, -0.2) is 23.8 Å². The number of nitrogens with one attached hydrogen (secondary N) is 1. The van der Waals surface area contributed by atoms with E-state index < -0.39 is 0 Å². The summed E-state index contributed by atoms with van der Waals surface area (Å²) < 4.78 is 7.87. The minimum Gasteiger partial charge on any atom is -0.379 e. The van der Waals surface area contributed by atoms with Crippen molar-refractivity contribution in [3.05, 3.63) is 23.5 Å². The second-order valence-electron chi connectivity index (χ2n) is 6.59. The van der Waals surface area contributed by atoms with Crippen LogP contribution in [0.25, 0.3) is 0 Å². The fourth-order valence-corrected chi connectivity index (χ4v) is 2.91. The molecule has 1 atom stereocenters. The van der Waals surface area contributed by atoms with E-state index in [0.717, 1.165) is 19.5 Å². The number of aromatic nitrogens is 1. The van der Waals surface area contributed by atoms with E-state index in [4.69, 9.17) is 4.74 Å². The average Bonchev–Trinajstić information content (AvgIpc) is 2.86. The summed E-state index contributed by atoms with van der Waals surface area (Å²) in [5.74, 6) is 0. The van der Waals surface area contributed by atoms with Crippen molar-refractivity contribution in [2.24, 2.45) is 0 Å². The van der Waals surface area contributed by atoms with Crippen LogP contribution in [0.4, 0.5) is 0 Å². The SMILES string of the molecule is CCCNC1CCCc2cn(CCC(C)(C)OC)cc21. The van der Waals surface area contributed by atoms with E-state index in [1.165, 1.54) is 31.2 Å². The highest BCUT2D eigenvalue weighted by Crippen LogP contribution is 2.30. The maximum absolute atomic E-state index is 5.51. The minimum atomic E-state index is -0.0371. The highest BCUT2D eigenvalue weighted by Gasteiger charge is 2.22. The predicted molar refractivity (Wildman–Crippen MR) is 84.1 cm³/mol. The molecule has 1 aromatic heterocycles. The lowest BCUT2D eigenvalue weighted by atomic mass is 9.91. The summed E-state index contributed by atoms with van der Waals surface area (Å²) in [5.41, 5.74) is 3.03. The molecule has 3 heteroatoms. The molecule has 0 bridgehead atoms. The summed E-state index contributed by atoms with van der Waals surface area (Å²) in [6, 6.07) is 0.565. The normalized spacial score (nSPS) is 19.1. The Morgan fingerprint density at radius 3 is 2.90 bits per heavy atom. The third-order valence-electron chi connectivity index (χ3n) is 4.48. The van der Waals surface area contributed by atoms with Gasteiger partial charge >= 0.3 is 0 Å². The van der Waals surface area contributed by atoms with E-state index in [0.29, 0.717) is 6.04 Å². The van der Waals surface area contributed by atoms with Gasteiger partial charge in [-0.3, -0.25) is 0 Å². The molecule has 114 valence electrons. The number of nitrogens with zero attached hydrogens (tertiary/aromatic N) is 1. The Morgan fingerprint density at radius 1 is 1.40 bits per heavy atom. The Bertz CT molecular complexity index is 423. The van der Waals surface area contributed by atoms with Gasteiger partial charge in [0.05, 0.1) is 5.60 Å². The number of methoxy groups -OCH3 is 1. The average molecular weight is 278 g/mol. The standard InChI is InChI=1S/C17H30N2O/c1-5-10-18-16-8-6-7-14-12-19(13-15(14)16)11-9-17(2,3)20-4/h12-13,16,18H,5-11H2,1-4H3. The zero-order valence-electron chi connectivity index (χ0n) is 13.5. The molecule has 0 radical (unpaired) electrons. The second kappa shape index (κ2) is 6.77. The van der Waals surface area contributed by atoms with Crippen molar-refractivity contribution in [3.8, 4) is 0 Å². The molecule has 1 aliphatic rings. The second-order valence-corrected chi connectivity index (χ2v) is 6.59. The Labute approximate surface area is 123 Å². The van der Waals surface area contributed by atoms with Gasteiger partial charge < -0.3 is 14.6 Å². The third kappa shape index (κ3) is 3.86. The van der Waals surface area contributed by atoms with Gasteiger partial charge in [0, 0.05) is 32.1 Å². The smallest absolute Gasteiger partial charge is 0.0639 e. The number of hydrogen-bond donors (Lipinski definition) is 1. The molecule has 1 aliphatic carbocycles. The summed E-state index contributed by atoms with van der Waals surface area (Å²) in [5, 5.41) is 3.69. The van der Waals surface area contributed by atoms with Gasteiger partial charge in [0.1, 0.15) is 0 Å². The number of ether oxygens (including phenoxy) is 1. The van der Waals surface area contributed by atoms with Crippen molar-refractivity contribution < 1.29 is 4.74 Å². The summed E-state index contributed by atoms with van der Waals surface area (Å²) in [7, 11) is 1.80. The first-order valence-corrected chi connectivity index (χ1v) is 8.03. The van der Waals surface area contributed by atoms with E-state index in [-0.39, 0.29) is 5.60 Å². The highest BCUT2D eigenvalue weighted by molar-refractivity contribution is 5.30. The molecule has 0 aromatic carbocycles. The van der Waals surface area contributed by atoms with Gasteiger partial charge in [-0.2, -0.15) is 0 Å². The van der Waals surface area contributed by atoms with E-state index in [1.807, 2.05) is 0 Å². The van der Waals surface area contributed by atoms with Crippen LogP contribution in [0.5, 0.6) is 0 Å². The first-order chi connectivity index (χ1) is 9.55.